The standard InChI is InChI=1S/C38H52O6S9/c1-6-20-47-34-32(48-22-17-42-4)27(3)33(49-23-18-43-7-2)35(50-25-28-13-9-8-10-14-28)36(34)53-38(51-26-29(40)24-39,37(41)44-19-21-46-5)52-31-16-12-11-15-30(31)45/h8-16,29,39-40,45H,6-7,17-26H2,1-5H3. The third-order valence-corrected chi connectivity index (χ3v) is 18.5. The first-order chi connectivity index (χ1) is 25.7. The molecule has 2 unspecified atom stereocenters. The summed E-state index contributed by atoms with van der Waals surface area (Å²) in [7, 11) is 1.73. The van der Waals surface area contributed by atoms with E-state index in [-0.39, 0.29) is 12.4 Å². The Labute approximate surface area is 356 Å². The Morgan fingerprint density at radius 3 is 2.13 bits per heavy atom. The number of carbonyl (C=O) groups excluding carboxylic acids is 1. The molecule has 2 N–H and O–H groups in total. The molecular weight excluding hydrogens is 841 g/mol. The monoisotopic (exact) mass is 892 g/mol. The van der Waals surface area contributed by atoms with E-state index < -0.39 is 22.1 Å². The molecule has 6 nitrogen and oxygen atoms in total. The molecule has 0 bridgehead atoms. The van der Waals surface area contributed by atoms with E-state index in [1.807, 2.05) is 55.3 Å². The van der Waals surface area contributed by atoms with Crippen LogP contribution in [0.25, 0.3) is 0 Å². The van der Waals surface area contributed by atoms with Crippen molar-refractivity contribution in [3.63, 3.8) is 0 Å². The van der Waals surface area contributed by atoms with Gasteiger partial charge in [0.15, 0.2) is 0 Å². The molecule has 3 rings (SSSR count). The minimum Gasteiger partial charge on any atom is -0.462 e. The van der Waals surface area contributed by atoms with Crippen molar-refractivity contribution < 1.29 is 29.2 Å². The highest BCUT2D eigenvalue weighted by molar-refractivity contribution is 8.35. The molecule has 2 atom stereocenters. The molecule has 0 aromatic heterocycles. The van der Waals surface area contributed by atoms with E-state index in [4.69, 9.17) is 26.8 Å². The maximum Gasteiger partial charge on any atom is 0.343 e. The summed E-state index contributed by atoms with van der Waals surface area (Å²) in [4.78, 5) is 22.0. The van der Waals surface area contributed by atoms with Crippen molar-refractivity contribution >= 4 is 113 Å². The summed E-state index contributed by atoms with van der Waals surface area (Å²) in [5, 5.41) is 20.6. The van der Waals surface area contributed by atoms with Crippen LogP contribution in [0.5, 0.6) is 0 Å². The second-order valence-corrected chi connectivity index (χ2v) is 21.5. The van der Waals surface area contributed by atoms with Crippen molar-refractivity contribution in [3.05, 3.63) is 65.7 Å². The Kier molecular flexibility index (Phi) is 24.1. The lowest BCUT2D eigenvalue weighted by molar-refractivity contribution is -0.141. The molecule has 0 fully saturated rings. The van der Waals surface area contributed by atoms with Crippen molar-refractivity contribution in [2.75, 3.05) is 75.2 Å². The first-order valence-corrected chi connectivity index (χ1v) is 25.7. The molecule has 0 spiro atoms. The Morgan fingerprint density at radius 2 is 1.49 bits per heavy atom. The van der Waals surface area contributed by atoms with Gasteiger partial charge in [-0.3, -0.25) is 0 Å². The zero-order valence-corrected chi connectivity index (χ0v) is 38.4. The highest BCUT2D eigenvalue weighted by Crippen LogP contribution is 2.60. The molecule has 0 aliphatic rings. The fourth-order valence-corrected chi connectivity index (χ4v) is 14.9. The minimum absolute atomic E-state index is 0.129. The predicted molar refractivity (Wildman–Crippen MR) is 241 cm³/mol. The van der Waals surface area contributed by atoms with E-state index in [1.165, 1.54) is 56.2 Å². The van der Waals surface area contributed by atoms with Crippen LogP contribution in [-0.2, 0) is 24.8 Å². The summed E-state index contributed by atoms with van der Waals surface area (Å²) >= 11 is 17.8. The van der Waals surface area contributed by atoms with Gasteiger partial charge in [-0.1, -0.05) is 72.9 Å². The Balaban J connectivity index is 2.40. The number of esters is 1. The van der Waals surface area contributed by atoms with Gasteiger partial charge >= 0.3 is 5.97 Å². The lowest BCUT2D eigenvalue weighted by atomic mass is 10.2. The number of aliphatic hydroxyl groups excluding tert-OH is 2. The fraction of sp³-hybridized carbons (Fsp3) is 0.500. The van der Waals surface area contributed by atoms with Crippen LogP contribution < -0.4 is 0 Å². The molecule has 15 heteroatoms. The number of benzene rings is 3. The van der Waals surface area contributed by atoms with Crippen LogP contribution in [-0.4, -0.2) is 101 Å². The molecule has 0 aliphatic carbocycles. The van der Waals surface area contributed by atoms with Crippen LogP contribution in [0.2, 0.25) is 0 Å². The number of methoxy groups -OCH3 is 1. The van der Waals surface area contributed by atoms with Crippen molar-refractivity contribution in [1.82, 2.24) is 0 Å². The fourth-order valence-electron chi connectivity index (χ4n) is 4.57. The zero-order valence-electron chi connectivity index (χ0n) is 31.0. The van der Waals surface area contributed by atoms with Gasteiger partial charge in [-0.2, -0.15) is 11.8 Å². The number of ether oxygens (including phenoxy) is 3. The van der Waals surface area contributed by atoms with Crippen LogP contribution in [0.1, 0.15) is 31.4 Å². The van der Waals surface area contributed by atoms with Crippen LogP contribution in [0.4, 0.5) is 0 Å². The summed E-state index contributed by atoms with van der Waals surface area (Å²) < 4.78 is 16.1. The number of aliphatic hydroxyl groups is 2. The lowest BCUT2D eigenvalue weighted by Gasteiger charge is -2.33. The van der Waals surface area contributed by atoms with Gasteiger partial charge < -0.3 is 24.4 Å². The zero-order chi connectivity index (χ0) is 38.5. The summed E-state index contributed by atoms with van der Waals surface area (Å²) in [5.74, 6) is 3.60. The Morgan fingerprint density at radius 1 is 0.830 bits per heavy atom. The average Bonchev–Trinajstić information content (AvgIpc) is 3.17. The van der Waals surface area contributed by atoms with Crippen molar-refractivity contribution in [2.45, 2.75) is 76.7 Å². The molecule has 53 heavy (non-hydrogen) atoms. The molecule has 0 saturated heterocycles. The van der Waals surface area contributed by atoms with E-state index >= 15 is 0 Å². The van der Waals surface area contributed by atoms with Crippen molar-refractivity contribution in [2.24, 2.45) is 0 Å². The Hall–Kier alpha value is 0.120. The number of hydrogen-bond acceptors (Lipinski definition) is 15. The van der Waals surface area contributed by atoms with Crippen LogP contribution in [0, 0.1) is 6.92 Å². The maximum absolute atomic E-state index is 14.7. The highest BCUT2D eigenvalue weighted by Gasteiger charge is 2.46. The van der Waals surface area contributed by atoms with Crippen LogP contribution in [0.3, 0.4) is 0 Å². The van der Waals surface area contributed by atoms with Gasteiger partial charge in [-0.05, 0) is 55.5 Å². The van der Waals surface area contributed by atoms with Gasteiger partial charge in [0.25, 0.3) is 0 Å². The van der Waals surface area contributed by atoms with Gasteiger partial charge in [-0.25, -0.2) is 4.79 Å². The molecule has 0 heterocycles. The summed E-state index contributed by atoms with van der Waals surface area (Å²) in [6, 6.07) is 18.2. The van der Waals surface area contributed by atoms with E-state index in [2.05, 4.69) is 38.1 Å². The first kappa shape index (κ1) is 47.5. The van der Waals surface area contributed by atoms with Gasteiger partial charge in [0.2, 0.25) is 3.41 Å². The van der Waals surface area contributed by atoms with E-state index in [1.54, 1.807) is 54.2 Å². The topological polar surface area (TPSA) is 85.2 Å². The molecule has 294 valence electrons. The van der Waals surface area contributed by atoms with Crippen LogP contribution in [0.15, 0.2) is 88.9 Å². The minimum atomic E-state index is -1.30. The van der Waals surface area contributed by atoms with Crippen LogP contribution >= 0.6 is 107 Å². The SMILES string of the molecule is CCCSc1c(SCCOC)c(C)c(SCCOCC)c(SCc2ccccc2)c1SC(SCC(O)CO)(Sc1ccccc1S)C(=O)OCCSC. The summed E-state index contributed by atoms with van der Waals surface area (Å²) in [5.41, 5.74) is 2.43. The molecule has 0 saturated carbocycles. The van der Waals surface area contributed by atoms with Crippen molar-refractivity contribution in [3.8, 4) is 0 Å². The van der Waals surface area contributed by atoms with Gasteiger partial charge in [0.1, 0.15) is 6.61 Å². The third kappa shape index (κ3) is 15.4. The molecular formula is C38H52O6S9. The normalized spacial score (nSPS) is 13.2. The molecule has 0 radical (unpaired) electrons. The average molecular weight is 893 g/mol. The van der Waals surface area contributed by atoms with E-state index in [0.29, 0.717) is 25.6 Å². The van der Waals surface area contributed by atoms with Gasteiger partial charge in [0.05, 0.1) is 25.9 Å². The summed E-state index contributed by atoms with van der Waals surface area (Å²) in [6.45, 7) is 8.15. The number of thioether (sulfide) groups is 8. The largest absolute Gasteiger partial charge is 0.462 e. The summed E-state index contributed by atoms with van der Waals surface area (Å²) in [6.07, 6.45) is 1.95. The molecule has 0 amide bonds. The second-order valence-electron chi connectivity index (χ2n) is 11.3. The van der Waals surface area contributed by atoms with Gasteiger partial charge in [0, 0.05) is 76.7 Å². The number of carbonyl (C=O) groups is 1. The number of thiol groups is 1. The maximum atomic E-state index is 14.7. The third-order valence-electron chi connectivity index (χ3n) is 7.19. The van der Waals surface area contributed by atoms with E-state index in [9.17, 15) is 15.0 Å². The second kappa shape index (κ2) is 26.9. The molecule has 0 aliphatic heterocycles. The molecule has 3 aromatic rings. The number of rotatable bonds is 27. The number of hydrogen-bond donors (Lipinski definition) is 3. The highest BCUT2D eigenvalue weighted by atomic mass is 32.3. The van der Waals surface area contributed by atoms with E-state index in [0.717, 1.165) is 53.9 Å². The van der Waals surface area contributed by atoms with Gasteiger partial charge in [-0.15, -0.1) is 71.4 Å². The van der Waals surface area contributed by atoms with Crippen molar-refractivity contribution in [1.29, 1.82) is 0 Å². The smallest absolute Gasteiger partial charge is 0.343 e. The predicted octanol–water partition coefficient (Wildman–Crippen LogP) is 10.5. The quantitative estimate of drug-likeness (QED) is 0.0223. The lowest BCUT2D eigenvalue weighted by Crippen LogP contribution is -2.33. The Bertz CT molecular complexity index is 1520. The molecule has 3 aromatic carbocycles. The first-order valence-electron chi connectivity index (χ1n) is 17.3.